The predicted molar refractivity (Wildman–Crippen MR) is 84.3 cm³/mol. The van der Waals surface area contributed by atoms with Crippen LogP contribution < -0.4 is 0 Å². The van der Waals surface area contributed by atoms with Crippen LogP contribution in [0, 0.1) is 5.41 Å². The first kappa shape index (κ1) is 15.2. The molecule has 0 saturated carbocycles. The first-order chi connectivity index (χ1) is 10.1. The number of piperidine rings is 2. The molecule has 1 N–H and O–H groups in total. The van der Waals surface area contributed by atoms with Crippen LogP contribution in [-0.4, -0.2) is 59.2 Å². The average Bonchev–Trinajstić information content (AvgIpc) is 2.46. The van der Waals surface area contributed by atoms with Crippen molar-refractivity contribution in [2.75, 3.05) is 33.2 Å². The molecule has 3 rings (SSSR count). The SMILES string of the molecule is CN1CC[C@H](O)[C@@]2(CCCN(Cc3ccc(Cl)cn3)C2)C1. The van der Waals surface area contributed by atoms with E-state index in [4.69, 9.17) is 11.6 Å². The lowest BCUT2D eigenvalue weighted by molar-refractivity contribution is -0.0809. The smallest absolute Gasteiger partial charge is 0.0633 e. The minimum absolute atomic E-state index is 0.0394. The Kier molecular flexibility index (Phi) is 4.50. The summed E-state index contributed by atoms with van der Waals surface area (Å²) >= 11 is 5.89. The lowest BCUT2D eigenvalue weighted by Gasteiger charge is -2.50. The van der Waals surface area contributed by atoms with Crippen LogP contribution in [0.4, 0.5) is 0 Å². The highest BCUT2D eigenvalue weighted by atomic mass is 35.5. The molecular formula is C16H24ClN3O. The molecule has 2 fully saturated rings. The van der Waals surface area contributed by atoms with E-state index in [1.807, 2.05) is 12.1 Å². The van der Waals surface area contributed by atoms with Gasteiger partial charge in [-0.15, -0.1) is 0 Å². The van der Waals surface area contributed by atoms with Crippen molar-refractivity contribution in [1.82, 2.24) is 14.8 Å². The van der Waals surface area contributed by atoms with Gasteiger partial charge in [0, 0.05) is 37.8 Å². The number of halogens is 1. The van der Waals surface area contributed by atoms with Gasteiger partial charge in [0.15, 0.2) is 0 Å². The summed E-state index contributed by atoms with van der Waals surface area (Å²) < 4.78 is 0. The molecule has 0 amide bonds. The van der Waals surface area contributed by atoms with Crippen LogP contribution in [0.15, 0.2) is 18.3 Å². The lowest BCUT2D eigenvalue weighted by Crippen LogP contribution is -2.58. The number of aromatic nitrogens is 1. The van der Waals surface area contributed by atoms with Gasteiger partial charge in [-0.05, 0) is 45.0 Å². The molecule has 0 unspecified atom stereocenters. The van der Waals surface area contributed by atoms with Crippen molar-refractivity contribution in [3.8, 4) is 0 Å². The number of likely N-dealkylation sites (tertiary alicyclic amines) is 2. The van der Waals surface area contributed by atoms with E-state index in [1.54, 1.807) is 6.20 Å². The van der Waals surface area contributed by atoms with Crippen LogP contribution in [0.5, 0.6) is 0 Å². The maximum atomic E-state index is 10.5. The third-order valence-corrected chi connectivity index (χ3v) is 5.16. The zero-order chi connectivity index (χ0) is 14.9. The molecule has 21 heavy (non-hydrogen) atoms. The van der Waals surface area contributed by atoms with Crippen molar-refractivity contribution in [1.29, 1.82) is 0 Å². The molecule has 2 aliphatic rings. The van der Waals surface area contributed by atoms with Crippen molar-refractivity contribution in [3.63, 3.8) is 0 Å². The number of pyridine rings is 1. The van der Waals surface area contributed by atoms with Crippen molar-refractivity contribution in [3.05, 3.63) is 29.0 Å². The van der Waals surface area contributed by atoms with Crippen LogP contribution in [-0.2, 0) is 6.54 Å². The summed E-state index contributed by atoms with van der Waals surface area (Å²) in [4.78, 5) is 9.18. The molecule has 4 nitrogen and oxygen atoms in total. The molecular weight excluding hydrogens is 286 g/mol. The Morgan fingerprint density at radius 1 is 1.38 bits per heavy atom. The highest BCUT2D eigenvalue weighted by Crippen LogP contribution is 2.38. The second kappa shape index (κ2) is 6.21. The molecule has 1 spiro atoms. The number of hydrogen-bond donors (Lipinski definition) is 1. The van der Waals surface area contributed by atoms with E-state index < -0.39 is 0 Å². The van der Waals surface area contributed by atoms with E-state index >= 15 is 0 Å². The van der Waals surface area contributed by atoms with E-state index in [9.17, 15) is 5.11 Å². The number of nitrogens with zero attached hydrogens (tertiary/aromatic N) is 3. The highest BCUT2D eigenvalue weighted by molar-refractivity contribution is 6.30. The third-order valence-electron chi connectivity index (χ3n) is 4.94. The van der Waals surface area contributed by atoms with Gasteiger partial charge >= 0.3 is 0 Å². The summed E-state index contributed by atoms with van der Waals surface area (Å²) in [6, 6.07) is 3.89. The summed E-state index contributed by atoms with van der Waals surface area (Å²) in [5.41, 5.74) is 1.09. The van der Waals surface area contributed by atoms with Crippen molar-refractivity contribution >= 4 is 11.6 Å². The molecule has 2 atom stereocenters. The van der Waals surface area contributed by atoms with Crippen molar-refractivity contribution < 1.29 is 5.11 Å². The summed E-state index contributed by atoms with van der Waals surface area (Å²) in [6.45, 7) is 4.89. The fourth-order valence-electron chi connectivity index (χ4n) is 3.89. The molecule has 0 bridgehead atoms. The maximum absolute atomic E-state index is 10.5. The Hall–Kier alpha value is -0.680. The molecule has 0 radical (unpaired) electrons. The molecule has 0 aliphatic carbocycles. The lowest BCUT2D eigenvalue weighted by atomic mass is 9.71. The highest BCUT2D eigenvalue weighted by Gasteiger charge is 2.44. The average molecular weight is 310 g/mol. The second-order valence-electron chi connectivity index (χ2n) is 6.69. The largest absolute Gasteiger partial charge is 0.392 e. The molecule has 2 aliphatic heterocycles. The van der Waals surface area contributed by atoms with E-state index in [0.717, 1.165) is 57.7 Å². The second-order valence-corrected chi connectivity index (χ2v) is 7.12. The quantitative estimate of drug-likeness (QED) is 0.907. The minimum atomic E-state index is -0.172. The van der Waals surface area contributed by atoms with Gasteiger partial charge in [0.2, 0.25) is 0 Å². The summed E-state index contributed by atoms with van der Waals surface area (Å²) in [5, 5.41) is 11.2. The number of aliphatic hydroxyl groups excluding tert-OH is 1. The first-order valence-electron chi connectivity index (χ1n) is 7.77. The van der Waals surface area contributed by atoms with E-state index in [2.05, 4.69) is 21.8 Å². The van der Waals surface area contributed by atoms with Crippen LogP contribution >= 0.6 is 11.6 Å². The third kappa shape index (κ3) is 3.39. The zero-order valence-electron chi connectivity index (χ0n) is 12.6. The standard InChI is InChI=1S/C16H24ClN3O/c1-19-8-5-15(21)16(11-19)6-2-7-20(12-16)10-14-4-3-13(17)9-18-14/h3-4,9,15,21H,2,5-8,10-12H2,1H3/t15-,16-/m0/s1. The molecule has 1 aromatic heterocycles. The van der Waals surface area contributed by atoms with Crippen LogP contribution in [0.3, 0.4) is 0 Å². The van der Waals surface area contributed by atoms with Gasteiger partial charge in [-0.1, -0.05) is 11.6 Å². The van der Waals surface area contributed by atoms with Gasteiger partial charge in [0.25, 0.3) is 0 Å². The Morgan fingerprint density at radius 3 is 3.00 bits per heavy atom. The Bertz CT molecular complexity index is 481. The number of hydrogen-bond acceptors (Lipinski definition) is 4. The number of rotatable bonds is 2. The van der Waals surface area contributed by atoms with Gasteiger partial charge in [-0.2, -0.15) is 0 Å². The van der Waals surface area contributed by atoms with Crippen LogP contribution in [0.25, 0.3) is 0 Å². The van der Waals surface area contributed by atoms with Gasteiger partial charge in [0.1, 0.15) is 0 Å². The van der Waals surface area contributed by atoms with E-state index in [1.165, 1.54) is 0 Å². The van der Waals surface area contributed by atoms with Crippen LogP contribution in [0.2, 0.25) is 5.02 Å². The Balaban J connectivity index is 1.69. The van der Waals surface area contributed by atoms with Crippen LogP contribution in [0.1, 0.15) is 25.0 Å². The first-order valence-corrected chi connectivity index (χ1v) is 8.15. The van der Waals surface area contributed by atoms with Crippen molar-refractivity contribution in [2.24, 2.45) is 5.41 Å². The normalized spacial score (nSPS) is 31.7. The Morgan fingerprint density at radius 2 is 2.24 bits per heavy atom. The van der Waals surface area contributed by atoms with Gasteiger partial charge in [-0.3, -0.25) is 9.88 Å². The number of aliphatic hydroxyl groups is 1. The minimum Gasteiger partial charge on any atom is -0.392 e. The summed E-state index contributed by atoms with van der Waals surface area (Å²) in [7, 11) is 2.16. The molecule has 3 heterocycles. The predicted octanol–water partition coefficient (Wildman–Crippen LogP) is 2.01. The van der Waals surface area contributed by atoms with Crippen molar-refractivity contribution in [2.45, 2.75) is 31.9 Å². The molecule has 1 aromatic rings. The summed E-state index contributed by atoms with van der Waals surface area (Å²) in [5.74, 6) is 0. The maximum Gasteiger partial charge on any atom is 0.0633 e. The molecule has 5 heteroatoms. The van der Waals surface area contributed by atoms with Gasteiger partial charge in [-0.25, -0.2) is 0 Å². The zero-order valence-corrected chi connectivity index (χ0v) is 13.4. The van der Waals surface area contributed by atoms with E-state index in [0.29, 0.717) is 5.02 Å². The molecule has 2 saturated heterocycles. The van der Waals surface area contributed by atoms with Gasteiger partial charge in [0.05, 0.1) is 16.8 Å². The topological polar surface area (TPSA) is 39.6 Å². The summed E-state index contributed by atoms with van der Waals surface area (Å²) in [6.07, 6.45) is 4.71. The monoisotopic (exact) mass is 309 g/mol. The fourth-order valence-corrected chi connectivity index (χ4v) is 4.01. The molecule has 0 aromatic carbocycles. The van der Waals surface area contributed by atoms with Gasteiger partial charge < -0.3 is 10.0 Å². The fraction of sp³-hybridized carbons (Fsp3) is 0.688. The van der Waals surface area contributed by atoms with E-state index in [-0.39, 0.29) is 11.5 Å². The Labute approximate surface area is 131 Å². The molecule has 116 valence electrons.